The normalized spacial score (nSPS) is 22.4. The van der Waals surface area contributed by atoms with Gasteiger partial charge in [-0.15, -0.1) is 11.3 Å². The number of nitrogens with zero attached hydrogens (tertiary/aromatic N) is 3. The molecule has 2 saturated heterocycles. The monoisotopic (exact) mass is 486 g/mol. The lowest BCUT2D eigenvalue weighted by atomic mass is 9.97. The minimum absolute atomic E-state index is 0.0659. The third kappa shape index (κ3) is 4.60. The molecular formula is C22H26N6O3S2. The van der Waals surface area contributed by atoms with Crippen LogP contribution in [0.2, 0.25) is 0 Å². The minimum Gasteiger partial charge on any atom is -0.350 e. The number of hydrogen-bond acceptors (Lipinski definition) is 7. The van der Waals surface area contributed by atoms with Crippen molar-refractivity contribution < 1.29 is 13.2 Å². The van der Waals surface area contributed by atoms with Gasteiger partial charge in [0.05, 0.1) is 17.3 Å². The molecule has 2 bridgehead atoms. The van der Waals surface area contributed by atoms with Crippen LogP contribution in [0.1, 0.15) is 31.2 Å². The summed E-state index contributed by atoms with van der Waals surface area (Å²) in [5.41, 5.74) is 1.83. The van der Waals surface area contributed by atoms with Crippen molar-refractivity contribution in [1.82, 2.24) is 15.3 Å². The maximum atomic E-state index is 12.8. The Bertz CT molecular complexity index is 1290. The van der Waals surface area contributed by atoms with Crippen LogP contribution in [-0.2, 0) is 10.0 Å². The van der Waals surface area contributed by atoms with Gasteiger partial charge in [-0.2, -0.15) is 0 Å². The molecule has 2 unspecified atom stereocenters. The maximum Gasteiger partial charge on any atom is 0.319 e. The van der Waals surface area contributed by atoms with Gasteiger partial charge >= 0.3 is 6.03 Å². The van der Waals surface area contributed by atoms with Gasteiger partial charge in [-0.25, -0.2) is 23.2 Å². The number of carbonyl (C=O) groups is 1. The highest BCUT2D eigenvalue weighted by molar-refractivity contribution is 7.92. The number of anilines is 3. The molecule has 0 aliphatic carbocycles. The highest BCUT2D eigenvalue weighted by atomic mass is 32.2. The van der Waals surface area contributed by atoms with E-state index in [0.717, 1.165) is 53.5 Å². The lowest BCUT2D eigenvalue weighted by Crippen LogP contribution is -2.51. The van der Waals surface area contributed by atoms with Crippen molar-refractivity contribution in [2.24, 2.45) is 0 Å². The Labute approximate surface area is 196 Å². The van der Waals surface area contributed by atoms with Gasteiger partial charge in [-0.05, 0) is 61.7 Å². The molecule has 3 N–H and O–H groups in total. The number of benzene rings is 1. The Morgan fingerprint density at radius 2 is 1.91 bits per heavy atom. The summed E-state index contributed by atoms with van der Waals surface area (Å²) in [7, 11) is -3.39. The van der Waals surface area contributed by atoms with Crippen LogP contribution in [0.5, 0.6) is 0 Å². The molecule has 2 fully saturated rings. The van der Waals surface area contributed by atoms with Crippen LogP contribution in [0.25, 0.3) is 10.2 Å². The van der Waals surface area contributed by atoms with E-state index < -0.39 is 10.0 Å². The average molecular weight is 487 g/mol. The Hall–Kier alpha value is -2.92. The lowest BCUT2D eigenvalue weighted by molar-refractivity contribution is 0.243. The van der Waals surface area contributed by atoms with E-state index in [1.165, 1.54) is 0 Å². The van der Waals surface area contributed by atoms with Gasteiger partial charge in [-0.3, -0.25) is 4.72 Å². The predicted molar refractivity (Wildman–Crippen MR) is 132 cm³/mol. The molecule has 2 aliphatic heterocycles. The summed E-state index contributed by atoms with van der Waals surface area (Å²) in [5, 5.41) is 9.15. The molecular weight excluding hydrogens is 460 g/mol. The number of hydrogen-bond donors (Lipinski definition) is 3. The van der Waals surface area contributed by atoms with Crippen molar-refractivity contribution in [1.29, 1.82) is 0 Å². The van der Waals surface area contributed by atoms with E-state index in [1.54, 1.807) is 35.9 Å². The largest absolute Gasteiger partial charge is 0.350 e. The Kier molecular flexibility index (Phi) is 5.61. The lowest BCUT2D eigenvalue weighted by Gasteiger charge is -2.40. The average Bonchev–Trinajstić information content (AvgIpc) is 3.32. The molecule has 174 valence electrons. The van der Waals surface area contributed by atoms with Crippen molar-refractivity contribution >= 4 is 54.8 Å². The fraction of sp³-hybridized carbons (Fsp3) is 0.409. The van der Waals surface area contributed by atoms with Crippen LogP contribution < -0.4 is 20.3 Å². The van der Waals surface area contributed by atoms with Crippen molar-refractivity contribution in [3.05, 3.63) is 41.5 Å². The standard InChI is InChI=1S/C22H26N6O3S2/c1-13-3-4-14(27-33(2,30)31)11-19(13)26-22(29)25-15-9-16-5-6-17(10-15)28(16)20-18-7-8-32-21(18)24-12-23-20/h3-4,7-8,11-12,15-17,27H,5-6,9-10H2,1-2H3,(H2,25,26,29). The van der Waals surface area contributed by atoms with E-state index in [2.05, 4.69) is 36.3 Å². The van der Waals surface area contributed by atoms with Crippen molar-refractivity contribution in [2.45, 2.75) is 50.7 Å². The van der Waals surface area contributed by atoms with Gasteiger partial charge in [0.1, 0.15) is 17.0 Å². The molecule has 5 rings (SSSR count). The minimum atomic E-state index is -3.39. The highest BCUT2D eigenvalue weighted by Gasteiger charge is 2.42. The first-order valence-corrected chi connectivity index (χ1v) is 13.7. The molecule has 4 heterocycles. The predicted octanol–water partition coefficient (Wildman–Crippen LogP) is 3.69. The fourth-order valence-corrected chi connectivity index (χ4v) is 6.28. The van der Waals surface area contributed by atoms with E-state index in [9.17, 15) is 13.2 Å². The molecule has 1 aromatic carbocycles. The fourth-order valence-electron chi connectivity index (χ4n) is 5.00. The molecule has 2 amide bonds. The van der Waals surface area contributed by atoms with Gasteiger partial charge < -0.3 is 15.5 Å². The van der Waals surface area contributed by atoms with E-state index in [4.69, 9.17) is 0 Å². The Morgan fingerprint density at radius 1 is 1.15 bits per heavy atom. The number of urea groups is 1. The van der Waals surface area contributed by atoms with E-state index in [0.29, 0.717) is 23.5 Å². The second-order valence-electron chi connectivity index (χ2n) is 8.80. The molecule has 2 aliphatic rings. The molecule has 0 radical (unpaired) electrons. The topological polar surface area (TPSA) is 116 Å². The third-order valence-corrected chi connectivity index (χ3v) is 7.77. The number of carbonyl (C=O) groups excluding carboxylic acids is 1. The molecule has 2 atom stereocenters. The number of piperidine rings is 1. The molecule has 0 spiro atoms. The van der Waals surface area contributed by atoms with Gasteiger partial charge in [0.2, 0.25) is 10.0 Å². The van der Waals surface area contributed by atoms with Crippen LogP contribution in [0.15, 0.2) is 36.0 Å². The quantitative estimate of drug-likeness (QED) is 0.506. The Morgan fingerprint density at radius 3 is 2.64 bits per heavy atom. The van der Waals surface area contributed by atoms with Crippen molar-refractivity contribution in [3.8, 4) is 0 Å². The number of rotatable bonds is 5. The van der Waals surface area contributed by atoms with E-state index in [-0.39, 0.29) is 12.1 Å². The number of aryl methyl sites for hydroxylation is 1. The summed E-state index contributed by atoms with van der Waals surface area (Å²) in [6.07, 6.45) is 6.61. The number of sulfonamides is 1. The van der Waals surface area contributed by atoms with E-state index >= 15 is 0 Å². The number of nitrogens with one attached hydrogen (secondary N) is 3. The molecule has 11 heteroatoms. The molecule has 9 nitrogen and oxygen atoms in total. The summed E-state index contributed by atoms with van der Waals surface area (Å²) in [6.45, 7) is 1.87. The zero-order valence-corrected chi connectivity index (χ0v) is 20.0. The first-order valence-electron chi connectivity index (χ1n) is 10.9. The SMILES string of the molecule is Cc1ccc(NS(C)(=O)=O)cc1NC(=O)NC1CC2CCC(C1)N2c1ncnc2sccc12. The summed E-state index contributed by atoms with van der Waals surface area (Å²) in [5.74, 6) is 1.00. The van der Waals surface area contributed by atoms with E-state index in [1.807, 2.05) is 12.3 Å². The molecule has 33 heavy (non-hydrogen) atoms. The number of amides is 2. The Balaban J connectivity index is 1.26. The summed E-state index contributed by atoms with van der Waals surface area (Å²) in [6, 6.07) is 7.60. The third-order valence-electron chi connectivity index (χ3n) is 6.34. The van der Waals surface area contributed by atoms with Gasteiger partial charge in [0.25, 0.3) is 0 Å². The second kappa shape index (κ2) is 8.45. The first-order chi connectivity index (χ1) is 15.8. The highest BCUT2D eigenvalue weighted by Crippen LogP contribution is 2.41. The van der Waals surface area contributed by atoms with Gasteiger partial charge in [0, 0.05) is 23.8 Å². The smallest absolute Gasteiger partial charge is 0.319 e. The van der Waals surface area contributed by atoms with Gasteiger partial charge in [-0.1, -0.05) is 6.07 Å². The van der Waals surface area contributed by atoms with Crippen LogP contribution >= 0.6 is 11.3 Å². The van der Waals surface area contributed by atoms with Crippen LogP contribution in [0.3, 0.4) is 0 Å². The summed E-state index contributed by atoms with van der Waals surface area (Å²) in [4.78, 5) is 25.2. The van der Waals surface area contributed by atoms with Crippen LogP contribution in [0, 0.1) is 6.92 Å². The summed E-state index contributed by atoms with van der Waals surface area (Å²) < 4.78 is 25.5. The first kappa shape index (κ1) is 21.9. The van der Waals surface area contributed by atoms with Crippen LogP contribution in [0.4, 0.5) is 22.0 Å². The maximum absolute atomic E-state index is 12.8. The zero-order chi connectivity index (χ0) is 23.2. The number of thiophene rings is 1. The molecule has 2 aromatic heterocycles. The second-order valence-corrected chi connectivity index (χ2v) is 11.4. The van der Waals surface area contributed by atoms with Gasteiger partial charge in [0.15, 0.2) is 0 Å². The number of aromatic nitrogens is 2. The van der Waals surface area contributed by atoms with Crippen molar-refractivity contribution in [3.63, 3.8) is 0 Å². The number of fused-ring (bicyclic) bond motifs is 3. The zero-order valence-electron chi connectivity index (χ0n) is 18.4. The van der Waals surface area contributed by atoms with Crippen LogP contribution in [-0.4, -0.2) is 48.8 Å². The van der Waals surface area contributed by atoms with Crippen molar-refractivity contribution in [2.75, 3.05) is 21.2 Å². The summed E-state index contributed by atoms with van der Waals surface area (Å²) >= 11 is 1.62. The molecule has 0 saturated carbocycles. The molecule has 3 aromatic rings.